The summed E-state index contributed by atoms with van der Waals surface area (Å²) in [5, 5.41) is 0. The van der Waals surface area contributed by atoms with Crippen LogP contribution in [0.4, 0.5) is 0 Å². The highest BCUT2D eigenvalue weighted by molar-refractivity contribution is 4.84. The van der Waals surface area contributed by atoms with E-state index < -0.39 is 0 Å². The lowest BCUT2D eigenvalue weighted by atomic mass is 10.0. The maximum absolute atomic E-state index is 5.77. The third kappa shape index (κ3) is 9.58. The molecule has 0 aromatic rings. The Kier molecular flexibility index (Phi) is 10.1. The molecule has 1 heteroatoms. The zero-order valence-corrected chi connectivity index (χ0v) is 13.9. The number of epoxide rings is 1. The molecule has 0 N–H and O–H groups in total. The highest BCUT2D eigenvalue weighted by atomic mass is 16.6. The number of rotatable bonds is 14. The highest BCUT2D eigenvalue weighted by Gasteiger charge is 2.36. The molecule has 2 unspecified atom stereocenters. The van der Waals surface area contributed by atoms with Gasteiger partial charge in [-0.1, -0.05) is 71.3 Å². The van der Waals surface area contributed by atoms with Gasteiger partial charge in [-0.15, -0.1) is 6.58 Å². The molecule has 0 aromatic carbocycles. The summed E-state index contributed by atoms with van der Waals surface area (Å²) in [4.78, 5) is 0. The van der Waals surface area contributed by atoms with Gasteiger partial charge in [0.25, 0.3) is 0 Å². The van der Waals surface area contributed by atoms with E-state index in [4.69, 9.17) is 4.74 Å². The van der Waals surface area contributed by atoms with Crippen molar-refractivity contribution in [2.75, 3.05) is 0 Å². The Morgan fingerprint density at radius 1 is 0.850 bits per heavy atom. The molecule has 0 radical (unpaired) electrons. The van der Waals surface area contributed by atoms with Crippen LogP contribution in [-0.2, 0) is 4.74 Å². The van der Waals surface area contributed by atoms with E-state index in [9.17, 15) is 0 Å². The largest absolute Gasteiger partial charge is 0.370 e. The number of allylic oxidation sites excluding steroid dienone is 1. The summed E-state index contributed by atoms with van der Waals surface area (Å²) in [6.07, 6.45) is 19.5. The molecular weight excluding hydrogens is 244 g/mol. The van der Waals surface area contributed by atoms with Crippen molar-refractivity contribution >= 4 is 0 Å². The molecule has 0 saturated carbocycles. The van der Waals surface area contributed by atoms with Crippen LogP contribution in [0.5, 0.6) is 0 Å². The lowest BCUT2D eigenvalue weighted by molar-refractivity contribution is 0.346. The van der Waals surface area contributed by atoms with E-state index in [0.717, 1.165) is 5.92 Å². The van der Waals surface area contributed by atoms with Crippen molar-refractivity contribution < 1.29 is 4.74 Å². The molecule has 1 saturated heterocycles. The molecule has 1 nitrogen and oxygen atoms in total. The van der Waals surface area contributed by atoms with E-state index in [1.807, 2.05) is 6.08 Å². The Labute approximate surface area is 127 Å². The van der Waals surface area contributed by atoms with Crippen molar-refractivity contribution in [2.24, 2.45) is 5.92 Å². The predicted molar refractivity (Wildman–Crippen MR) is 89.1 cm³/mol. The second kappa shape index (κ2) is 11.4. The Hall–Kier alpha value is -0.300. The Bertz CT molecular complexity index is 234. The second-order valence-corrected chi connectivity index (χ2v) is 6.88. The van der Waals surface area contributed by atoms with Gasteiger partial charge in [0.15, 0.2) is 0 Å². The Balaban J connectivity index is 1.77. The van der Waals surface area contributed by atoms with Crippen LogP contribution < -0.4 is 0 Å². The van der Waals surface area contributed by atoms with Crippen molar-refractivity contribution in [3.05, 3.63) is 12.7 Å². The number of hydrogen-bond acceptors (Lipinski definition) is 1. The maximum Gasteiger partial charge on any atom is 0.0841 e. The van der Waals surface area contributed by atoms with Gasteiger partial charge in [-0.2, -0.15) is 0 Å². The van der Waals surface area contributed by atoms with Crippen LogP contribution in [0.3, 0.4) is 0 Å². The molecule has 0 aromatic heterocycles. The first kappa shape index (κ1) is 17.8. The molecule has 2 atom stereocenters. The van der Waals surface area contributed by atoms with Crippen LogP contribution >= 0.6 is 0 Å². The molecule has 0 amide bonds. The smallest absolute Gasteiger partial charge is 0.0841 e. The average molecular weight is 280 g/mol. The molecule has 1 heterocycles. The topological polar surface area (TPSA) is 12.5 Å². The van der Waals surface area contributed by atoms with Gasteiger partial charge in [-0.05, 0) is 31.6 Å². The minimum Gasteiger partial charge on any atom is -0.370 e. The normalized spacial score (nSPS) is 21.4. The second-order valence-electron chi connectivity index (χ2n) is 6.88. The first-order chi connectivity index (χ1) is 9.74. The summed E-state index contributed by atoms with van der Waals surface area (Å²) in [6.45, 7) is 8.39. The van der Waals surface area contributed by atoms with Crippen LogP contribution in [0.25, 0.3) is 0 Å². The molecule has 20 heavy (non-hydrogen) atoms. The van der Waals surface area contributed by atoms with Gasteiger partial charge < -0.3 is 4.74 Å². The first-order valence-electron chi connectivity index (χ1n) is 9.00. The predicted octanol–water partition coefficient (Wildman–Crippen LogP) is 6.28. The summed E-state index contributed by atoms with van der Waals surface area (Å²) in [5.41, 5.74) is 0. The van der Waals surface area contributed by atoms with Gasteiger partial charge >= 0.3 is 0 Å². The number of unbranched alkanes of at least 4 members (excludes halogenated alkanes) is 7. The molecule has 1 aliphatic heterocycles. The molecule has 0 spiro atoms. The number of hydrogen-bond donors (Lipinski definition) is 0. The average Bonchev–Trinajstić information content (AvgIpc) is 3.16. The van der Waals surface area contributed by atoms with Crippen LogP contribution in [0, 0.1) is 5.92 Å². The fraction of sp³-hybridized carbons (Fsp3) is 0.895. The Morgan fingerprint density at radius 2 is 1.40 bits per heavy atom. The van der Waals surface area contributed by atoms with Gasteiger partial charge in [0, 0.05) is 0 Å². The third-order valence-electron chi connectivity index (χ3n) is 4.35. The van der Waals surface area contributed by atoms with E-state index in [1.54, 1.807) is 0 Å². The summed E-state index contributed by atoms with van der Waals surface area (Å²) >= 11 is 0. The fourth-order valence-corrected chi connectivity index (χ4v) is 2.93. The van der Waals surface area contributed by atoms with E-state index in [2.05, 4.69) is 20.4 Å². The quantitative estimate of drug-likeness (QED) is 0.207. The standard InChI is InChI=1S/C19H36O/c1-4-5-6-7-8-9-10-11-15-18-19(20-18)16-13-12-14-17(2)3/h4,17-19H,1,5-16H2,2-3H3. The van der Waals surface area contributed by atoms with Crippen molar-refractivity contribution in [2.45, 2.75) is 103 Å². The van der Waals surface area contributed by atoms with E-state index in [0.29, 0.717) is 12.2 Å². The first-order valence-corrected chi connectivity index (χ1v) is 9.00. The fourth-order valence-electron chi connectivity index (χ4n) is 2.93. The number of ether oxygens (including phenoxy) is 1. The SMILES string of the molecule is C=CCCCCCCCCC1OC1CCCCC(C)C. The van der Waals surface area contributed by atoms with Crippen LogP contribution in [0.2, 0.25) is 0 Å². The van der Waals surface area contributed by atoms with Gasteiger partial charge in [-0.3, -0.25) is 0 Å². The van der Waals surface area contributed by atoms with Crippen molar-refractivity contribution in [3.8, 4) is 0 Å². The zero-order valence-electron chi connectivity index (χ0n) is 13.9. The highest BCUT2D eigenvalue weighted by Crippen LogP contribution is 2.31. The van der Waals surface area contributed by atoms with Crippen LogP contribution in [0.15, 0.2) is 12.7 Å². The molecule has 0 bridgehead atoms. The molecule has 1 fully saturated rings. The monoisotopic (exact) mass is 280 g/mol. The van der Waals surface area contributed by atoms with E-state index >= 15 is 0 Å². The molecule has 1 rings (SSSR count). The van der Waals surface area contributed by atoms with E-state index in [1.165, 1.54) is 77.0 Å². The Morgan fingerprint density at radius 3 is 2.00 bits per heavy atom. The molecule has 118 valence electrons. The lowest BCUT2D eigenvalue weighted by Crippen LogP contribution is -1.95. The summed E-state index contributed by atoms with van der Waals surface area (Å²) in [7, 11) is 0. The zero-order chi connectivity index (χ0) is 14.6. The minimum absolute atomic E-state index is 0.620. The molecule has 1 aliphatic rings. The van der Waals surface area contributed by atoms with Gasteiger partial charge in [0.2, 0.25) is 0 Å². The van der Waals surface area contributed by atoms with Gasteiger partial charge in [0.05, 0.1) is 12.2 Å². The van der Waals surface area contributed by atoms with Gasteiger partial charge in [0.1, 0.15) is 0 Å². The molecule has 0 aliphatic carbocycles. The lowest BCUT2D eigenvalue weighted by Gasteiger charge is -2.02. The maximum atomic E-state index is 5.77. The van der Waals surface area contributed by atoms with Crippen molar-refractivity contribution in [1.82, 2.24) is 0 Å². The van der Waals surface area contributed by atoms with Crippen molar-refractivity contribution in [3.63, 3.8) is 0 Å². The van der Waals surface area contributed by atoms with Crippen molar-refractivity contribution in [1.29, 1.82) is 0 Å². The summed E-state index contributed by atoms with van der Waals surface area (Å²) < 4.78 is 5.77. The molecular formula is C19H36O. The minimum atomic E-state index is 0.620. The van der Waals surface area contributed by atoms with Gasteiger partial charge in [-0.25, -0.2) is 0 Å². The van der Waals surface area contributed by atoms with Crippen LogP contribution in [-0.4, -0.2) is 12.2 Å². The van der Waals surface area contributed by atoms with Crippen LogP contribution in [0.1, 0.15) is 90.9 Å². The summed E-state index contributed by atoms with van der Waals surface area (Å²) in [6, 6.07) is 0. The van der Waals surface area contributed by atoms with E-state index in [-0.39, 0.29) is 0 Å². The third-order valence-corrected chi connectivity index (χ3v) is 4.35. The summed E-state index contributed by atoms with van der Waals surface area (Å²) in [5.74, 6) is 0.859.